The maximum absolute atomic E-state index is 6.35. The van der Waals surface area contributed by atoms with Gasteiger partial charge in [-0.1, -0.05) is 18.9 Å². The van der Waals surface area contributed by atoms with E-state index < -0.39 is 0 Å². The average Bonchev–Trinajstić information content (AvgIpc) is 2.69. The van der Waals surface area contributed by atoms with Crippen LogP contribution in [0.5, 0.6) is 11.5 Å². The first-order valence-corrected chi connectivity index (χ1v) is 9.59. The summed E-state index contributed by atoms with van der Waals surface area (Å²) in [7, 11) is 3.35. The first kappa shape index (κ1) is 21.3. The predicted molar refractivity (Wildman–Crippen MR) is 107 cm³/mol. The van der Waals surface area contributed by atoms with Crippen LogP contribution in [0.15, 0.2) is 18.2 Å². The van der Waals surface area contributed by atoms with Crippen LogP contribution < -0.4 is 14.8 Å². The standard InChI is InChI=1S/C20H32N2O3.ClH/c1-23-19-8-7-16(15-20(19)24-2)9-14-25-18-6-4-3-5-17(18)22-12-10-21-11-13-22;/h7-8,15,17-18,21H,3-6,9-14H2,1-2H3;1H/t17-,18-;/m1./s1. The second-order valence-corrected chi connectivity index (χ2v) is 6.99. The summed E-state index contributed by atoms with van der Waals surface area (Å²) in [6.45, 7) is 5.28. The lowest BCUT2D eigenvalue weighted by Crippen LogP contribution is -2.54. The number of nitrogens with zero attached hydrogens (tertiary/aromatic N) is 1. The Balaban J connectivity index is 0.00000243. The zero-order valence-electron chi connectivity index (χ0n) is 16.0. The predicted octanol–water partition coefficient (Wildman–Crippen LogP) is 2.90. The molecule has 1 heterocycles. The molecule has 0 bridgehead atoms. The zero-order valence-corrected chi connectivity index (χ0v) is 16.9. The Morgan fingerprint density at radius 3 is 2.50 bits per heavy atom. The molecular weight excluding hydrogens is 352 g/mol. The molecule has 1 saturated carbocycles. The smallest absolute Gasteiger partial charge is 0.160 e. The highest BCUT2D eigenvalue weighted by Crippen LogP contribution is 2.29. The van der Waals surface area contributed by atoms with E-state index in [1.54, 1.807) is 14.2 Å². The van der Waals surface area contributed by atoms with Gasteiger partial charge in [0.1, 0.15) is 0 Å². The second kappa shape index (κ2) is 11.0. The number of hydrogen-bond donors (Lipinski definition) is 1. The molecule has 1 N–H and O–H groups in total. The molecule has 0 aromatic heterocycles. The molecule has 26 heavy (non-hydrogen) atoms. The SMILES string of the molecule is COc1ccc(CCO[C@@H]2CCCC[C@H]2N2CCNCC2)cc1OC.Cl. The van der Waals surface area contributed by atoms with Crippen LogP contribution in [0, 0.1) is 0 Å². The van der Waals surface area contributed by atoms with Crippen LogP contribution in [-0.4, -0.2) is 64.1 Å². The molecule has 2 fully saturated rings. The summed E-state index contributed by atoms with van der Waals surface area (Å²) in [6, 6.07) is 6.72. The van der Waals surface area contributed by atoms with Gasteiger partial charge in [-0.15, -0.1) is 12.4 Å². The summed E-state index contributed by atoms with van der Waals surface area (Å²) in [6.07, 6.45) is 6.40. The number of rotatable bonds is 7. The number of benzene rings is 1. The van der Waals surface area contributed by atoms with Gasteiger partial charge in [0.05, 0.1) is 26.9 Å². The summed E-state index contributed by atoms with van der Waals surface area (Å²) in [5, 5.41) is 3.45. The van der Waals surface area contributed by atoms with Crippen LogP contribution >= 0.6 is 12.4 Å². The lowest BCUT2D eigenvalue weighted by atomic mass is 9.90. The lowest BCUT2D eigenvalue weighted by molar-refractivity contribution is -0.0382. The molecule has 3 rings (SSSR count). The quantitative estimate of drug-likeness (QED) is 0.783. The molecule has 1 aromatic carbocycles. The van der Waals surface area contributed by atoms with Gasteiger partial charge in [-0.05, 0) is 37.0 Å². The number of nitrogens with one attached hydrogen (secondary N) is 1. The zero-order chi connectivity index (χ0) is 17.5. The molecule has 6 heteroatoms. The molecular formula is C20H33ClN2O3. The van der Waals surface area contributed by atoms with Gasteiger partial charge in [-0.3, -0.25) is 4.90 Å². The maximum Gasteiger partial charge on any atom is 0.160 e. The molecule has 0 amide bonds. The fourth-order valence-electron chi connectivity index (χ4n) is 4.07. The van der Waals surface area contributed by atoms with Crippen LogP contribution in [0.1, 0.15) is 31.2 Å². The van der Waals surface area contributed by atoms with Gasteiger partial charge in [0.15, 0.2) is 11.5 Å². The molecule has 1 aliphatic carbocycles. The van der Waals surface area contributed by atoms with Crippen molar-refractivity contribution < 1.29 is 14.2 Å². The normalized spacial score (nSPS) is 23.9. The summed E-state index contributed by atoms with van der Waals surface area (Å²) in [5.41, 5.74) is 1.23. The number of hydrogen-bond acceptors (Lipinski definition) is 5. The van der Waals surface area contributed by atoms with Gasteiger partial charge < -0.3 is 19.5 Å². The molecule has 148 valence electrons. The average molecular weight is 385 g/mol. The Morgan fingerprint density at radius 1 is 1.04 bits per heavy atom. The number of halogens is 1. The highest BCUT2D eigenvalue weighted by molar-refractivity contribution is 5.85. The third-order valence-electron chi connectivity index (χ3n) is 5.46. The van der Waals surface area contributed by atoms with Crippen molar-refractivity contribution >= 4 is 12.4 Å². The van der Waals surface area contributed by atoms with Gasteiger partial charge >= 0.3 is 0 Å². The molecule has 0 radical (unpaired) electrons. The third-order valence-corrected chi connectivity index (χ3v) is 5.46. The van der Waals surface area contributed by atoms with Gasteiger partial charge in [-0.2, -0.15) is 0 Å². The van der Waals surface area contributed by atoms with E-state index in [0.717, 1.165) is 50.7 Å². The fourth-order valence-corrected chi connectivity index (χ4v) is 4.07. The summed E-state index contributed by atoms with van der Waals surface area (Å²) >= 11 is 0. The highest BCUT2D eigenvalue weighted by atomic mass is 35.5. The van der Waals surface area contributed by atoms with Crippen molar-refractivity contribution in [2.75, 3.05) is 47.0 Å². The van der Waals surface area contributed by atoms with Crippen molar-refractivity contribution in [3.8, 4) is 11.5 Å². The molecule has 2 atom stereocenters. The van der Waals surface area contributed by atoms with Crippen LogP contribution in [0.25, 0.3) is 0 Å². The first-order chi connectivity index (χ1) is 12.3. The number of ether oxygens (including phenoxy) is 3. The van der Waals surface area contributed by atoms with E-state index in [-0.39, 0.29) is 12.4 Å². The minimum Gasteiger partial charge on any atom is -0.493 e. The monoisotopic (exact) mass is 384 g/mol. The number of methoxy groups -OCH3 is 2. The molecule has 1 saturated heterocycles. The van der Waals surface area contributed by atoms with Crippen molar-refractivity contribution in [1.29, 1.82) is 0 Å². The highest BCUT2D eigenvalue weighted by Gasteiger charge is 2.31. The van der Waals surface area contributed by atoms with Crippen molar-refractivity contribution in [1.82, 2.24) is 10.2 Å². The van der Waals surface area contributed by atoms with Crippen LogP contribution in [0.4, 0.5) is 0 Å². The molecule has 0 unspecified atom stereocenters. The van der Waals surface area contributed by atoms with Gasteiger partial charge in [0.25, 0.3) is 0 Å². The van der Waals surface area contributed by atoms with Crippen molar-refractivity contribution in [2.24, 2.45) is 0 Å². The summed E-state index contributed by atoms with van der Waals surface area (Å²) in [4.78, 5) is 2.64. The van der Waals surface area contributed by atoms with Crippen LogP contribution in [0.3, 0.4) is 0 Å². The van der Waals surface area contributed by atoms with E-state index in [0.29, 0.717) is 12.1 Å². The Kier molecular flexibility index (Phi) is 8.99. The van der Waals surface area contributed by atoms with E-state index in [4.69, 9.17) is 14.2 Å². The molecule has 5 nitrogen and oxygen atoms in total. The minimum absolute atomic E-state index is 0. The minimum atomic E-state index is 0. The fraction of sp³-hybridized carbons (Fsp3) is 0.700. The Labute approximate surface area is 163 Å². The Morgan fingerprint density at radius 2 is 1.77 bits per heavy atom. The number of piperazine rings is 1. The van der Waals surface area contributed by atoms with E-state index in [1.165, 1.54) is 31.2 Å². The van der Waals surface area contributed by atoms with Gasteiger partial charge in [0, 0.05) is 32.2 Å². The van der Waals surface area contributed by atoms with Crippen molar-refractivity contribution in [2.45, 2.75) is 44.2 Å². The first-order valence-electron chi connectivity index (χ1n) is 9.59. The van der Waals surface area contributed by atoms with E-state index >= 15 is 0 Å². The van der Waals surface area contributed by atoms with E-state index in [9.17, 15) is 0 Å². The topological polar surface area (TPSA) is 43.0 Å². The molecule has 2 aliphatic rings. The largest absolute Gasteiger partial charge is 0.493 e. The van der Waals surface area contributed by atoms with Crippen LogP contribution in [0.2, 0.25) is 0 Å². The lowest BCUT2D eigenvalue weighted by Gasteiger charge is -2.41. The van der Waals surface area contributed by atoms with Gasteiger partial charge in [-0.25, -0.2) is 0 Å². The van der Waals surface area contributed by atoms with Crippen molar-refractivity contribution in [3.05, 3.63) is 23.8 Å². The van der Waals surface area contributed by atoms with Gasteiger partial charge in [0.2, 0.25) is 0 Å². The van der Waals surface area contributed by atoms with E-state index in [1.807, 2.05) is 6.07 Å². The van der Waals surface area contributed by atoms with Crippen LogP contribution in [-0.2, 0) is 11.2 Å². The van der Waals surface area contributed by atoms with E-state index in [2.05, 4.69) is 22.3 Å². The second-order valence-electron chi connectivity index (χ2n) is 6.99. The maximum atomic E-state index is 6.35. The molecule has 0 spiro atoms. The van der Waals surface area contributed by atoms with Crippen molar-refractivity contribution in [3.63, 3.8) is 0 Å². The summed E-state index contributed by atoms with van der Waals surface area (Å²) in [5.74, 6) is 1.56. The summed E-state index contributed by atoms with van der Waals surface area (Å²) < 4.78 is 17.0. The Hall–Kier alpha value is -1.01. The Bertz CT molecular complexity index is 538. The molecule has 1 aromatic rings. The third kappa shape index (κ3) is 5.49. The molecule has 1 aliphatic heterocycles.